The zero-order chi connectivity index (χ0) is 17.0. The Hall–Kier alpha value is -2.11. The van der Waals surface area contributed by atoms with Crippen molar-refractivity contribution in [3.8, 4) is 0 Å². The van der Waals surface area contributed by atoms with Gasteiger partial charge in [-0.05, 0) is 42.2 Å². The summed E-state index contributed by atoms with van der Waals surface area (Å²) in [4.78, 5) is 24.2. The van der Waals surface area contributed by atoms with Crippen molar-refractivity contribution >= 4 is 17.3 Å². The molecule has 2 aliphatic rings. The molecule has 1 heterocycles. The Morgan fingerprint density at radius 2 is 2.04 bits per heavy atom. The van der Waals surface area contributed by atoms with Crippen LogP contribution in [-0.2, 0) is 0 Å². The maximum absolute atomic E-state index is 11.4. The number of carboxylic acids is 1. The lowest BCUT2D eigenvalue weighted by Gasteiger charge is -2.39. The number of carboxylic acid groups (broad SMARTS) is 1. The molecular formula is C17H22N2O4. The van der Waals surface area contributed by atoms with E-state index in [9.17, 15) is 14.9 Å². The summed E-state index contributed by atoms with van der Waals surface area (Å²) in [5.74, 6) is -1.15. The standard InChI is InChI=1S/C17H22N2O4/c1-16(2)7-12-8-17(3,9-16)10-18(12)13-5-4-11(15(20)21)6-14(13)19(22)23/h4-6,12H,7-10H2,1-3H3,(H,20,21). The number of nitrogens with zero attached hydrogens (tertiary/aromatic N) is 2. The van der Waals surface area contributed by atoms with Crippen LogP contribution in [0.5, 0.6) is 0 Å². The molecule has 124 valence electrons. The number of nitro groups is 1. The van der Waals surface area contributed by atoms with Crippen LogP contribution in [0.3, 0.4) is 0 Å². The summed E-state index contributed by atoms with van der Waals surface area (Å²) in [6.45, 7) is 7.54. The highest BCUT2D eigenvalue weighted by atomic mass is 16.6. The molecule has 1 aromatic rings. The number of anilines is 1. The Morgan fingerprint density at radius 3 is 2.65 bits per heavy atom. The van der Waals surface area contributed by atoms with Crippen molar-refractivity contribution in [2.24, 2.45) is 10.8 Å². The van der Waals surface area contributed by atoms with Crippen LogP contribution in [0.25, 0.3) is 0 Å². The lowest BCUT2D eigenvalue weighted by molar-refractivity contribution is -0.384. The largest absolute Gasteiger partial charge is 0.478 e. The molecular weight excluding hydrogens is 296 g/mol. The second-order valence-electron chi connectivity index (χ2n) is 8.11. The maximum atomic E-state index is 11.4. The quantitative estimate of drug-likeness (QED) is 0.678. The smallest absolute Gasteiger partial charge is 0.335 e. The number of hydrogen-bond donors (Lipinski definition) is 1. The van der Waals surface area contributed by atoms with E-state index >= 15 is 0 Å². The van der Waals surface area contributed by atoms with Crippen LogP contribution < -0.4 is 4.90 Å². The van der Waals surface area contributed by atoms with Gasteiger partial charge < -0.3 is 10.0 Å². The number of nitro benzene ring substituents is 1. The van der Waals surface area contributed by atoms with Crippen molar-refractivity contribution in [1.29, 1.82) is 0 Å². The van der Waals surface area contributed by atoms with Gasteiger partial charge >= 0.3 is 5.97 Å². The first-order valence-electron chi connectivity index (χ1n) is 7.89. The number of aromatic carboxylic acids is 1. The van der Waals surface area contributed by atoms with E-state index in [1.165, 1.54) is 12.1 Å². The third-order valence-corrected chi connectivity index (χ3v) is 5.14. The third kappa shape index (κ3) is 2.78. The van der Waals surface area contributed by atoms with Crippen molar-refractivity contribution < 1.29 is 14.8 Å². The molecule has 1 saturated carbocycles. The number of rotatable bonds is 3. The maximum Gasteiger partial charge on any atom is 0.335 e. The molecule has 1 aliphatic heterocycles. The van der Waals surface area contributed by atoms with E-state index in [-0.39, 0.29) is 28.1 Å². The summed E-state index contributed by atoms with van der Waals surface area (Å²) in [6, 6.07) is 4.50. The van der Waals surface area contributed by atoms with Gasteiger partial charge in [-0.3, -0.25) is 10.1 Å². The molecule has 0 aromatic heterocycles. The van der Waals surface area contributed by atoms with Gasteiger partial charge in [-0.25, -0.2) is 4.79 Å². The van der Waals surface area contributed by atoms with Crippen LogP contribution in [0.1, 0.15) is 50.4 Å². The van der Waals surface area contributed by atoms with Gasteiger partial charge in [-0.2, -0.15) is 0 Å². The highest BCUT2D eigenvalue weighted by Gasteiger charge is 2.50. The molecule has 1 saturated heterocycles. The van der Waals surface area contributed by atoms with Crippen LogP contribution in [0.4, 0.5) is 11.4 Å². The van der Waals surface area contributed by atoms with Gasteiger partial charge in [-0.1, -0.05) is 20.8 Å². The van der Waals surface area contributed by atoms with Gasteiger partial charge in [0.1, 0.15) is 5.69 Å². The summed E-state index contributed by atoms with van der Waals surface area (Å²) in [6.07, 6.45) is 3.14. The van der Waals surface area contributed by atoms with Gasteiger partial charge in [0.15, 0.2) is 0 Å². The summed E-state index contributed by atoms with van der Waals surface area (Å²) >= 11 is 0. The Labute approximate surface area is 135 Å². The van der Waals surface area contributed by atoms with E-state index in [4.69, 9.17) is 5.11 Å². The van der Waals surface area contributed by atoms with Crippen LogP contribution in [0.2, 0.25) is 0 Å². The van der Waals surface area contributed by atoms with Gasteiger partial charge in [0.25, 0.3) is 5.69 Å². The Kier molecular flexibility index (Phi) is 3.39. The third-order valence-electron chi connectivity index (χ3n) is 5.14. The fourth-order valence-corrected chi connectivity index (χ4v) is 4.79. The molecule has 0 spiro atoms. The second-order valence-corrected chi connectivity index (χ2v) is 8.11. The Balaban J connectivity index is 2.02. The molecule has 2 bridgehead atoms. The molecule has 0 radical (unpaired) electrons. The average molecular weight is 318 g/mol. The zero-order valence-electron chi connectivity index (χ0n) is 13.7. The van der Waals surface area contributed by atoms with Crippen molar-refractivity contribution in [2.45, 2.75) is 46.1 Å². The predicted molar refractivity (Wildman–Crippen MR) is 86.9 cm³/mol. The number of carbonyl (C=O) groups is 1. The van der Waals surface area contributed by atoms with E-state index in [1.54, 1.807) is 6.07 Å². The van der Waals surface area contributed by atoms with Crippen LogP contribution >= 0.6 is 0 Å². The minimum Gasteiger partial charge on any atom is -0.478 e. The predicted octanol–water partition coefficient (Wildman–Crippen LogP) is 3.70. The normalized spacial score (nSPS) is 28.7. The highest BCUT2D eigenvalue weighted by molar-refractivity contribution is 5.90. The van der Waals surface area contributed by atoms with E-state index < -0.39 is 10.9 Å². The second kappa shape index (κ2) is 4.94. The minimum absolute atomic E-state index is 0.0471. The van der Waals surface area contributed by atoms with Crippen molar-refractivity contribution in [2.75, 3.05) is 11.4 Å². The highest BCUT2D eigenvalue weighted by Crippen LogP contribution is 2.54. The Bertz CT molecular complexity index is 685. The summed E-state index contributed by atoms with van der Waals surface area (Å²) in [7, 11) is 0. The van der Waals surface area contributed by atoms with Gasteiger partial charge in [0.05, 0.1) is 10.5 Å². The minimum atomic E-state index is -1.15. The lowest BCUT2D eigenvalue weighted by atomic mass is 9.65. The lowest BCUT2D eigenvalue weighted by Crippen LogP contribution is -2.34. The van der Waals surface area contributed by atoms with Crippen LogP contribution in [0, 0.1) is 20.9 Å². The fourth-order valence-electron chi connectivity index (χ4n) is 4.79. The number of fused-ring (bicyclic) bond motifs is 2. The molecule has 3 rings (SSSR count). The number of hydrogen-bond acceptors (Lipinski definition) is 4. The first kappa shape index (κ1) is 15.8. The average Bonchev–Trinajstić information content (AvgIpc) is 2.67. The van der Waals surface area contributed by atoms with Gasteiger partial charge in [-0.15, -0.1) is 0 Å². The van der Waals surface area contributed by atoms with E-state index in [2.05, 4.69) is 25.7 Å². The monoisotopic (exact) mass is 318 g/mol. The van der Waals surface area contributed by atoms with E-state index in [0.29, 0.717) is 5.69 Å². The van der Waals surface area contributed by atoms with Crippen molar-refractivity contribution in [3.05, 3.63) is 33.9 Å². The molecule has 2 atom stereocenters. The first-order chi connectivity index (χ1) is 10.6. The molecule has 6 nitrogen and oxygen atoms in total. The fraction of sp³-hybridized carbons (Fsp3) is 0.588. The first-order valence-corrected chi connectivity index (χ1v) is 7.89. The summed E-state index contributed by atoms with van der Waals surface area (Å²) < 4.78 is 0. The van der Waals surface area contributed by atoms with Crippen LogP contribution in [0.15, 0.2) is 18.2 Å². The summed E-state index contributed by atoms with van der Waals surface area (Å²) in [5.41, 5.74) is 0.771. The molecule has 1 aliphatic carbocycles. The van der Waals surface area contributed by atoms with E-state index in [1.807, 2.05) is 0 Å². The SMILES string of the molecule is CC1(C)CC2CC(C)(CN2c2ccc(C(=O)O)cc2[N+](=O)[O-])C1. The Morgan fingerprint density at radius 1 is 1.35 bits per heavy atom. The molecule has 6 heteroatoms. The molecule has 1 aromatic carbocycles. The number of benzene rings is 1. The van der Waals surface area contributed by atoms with Gasteiger partial charge in [0, 0.05) is 18.7 Å². The molecule has 2 fully saturated rings. The zero-order valence-corrected chi connectivity index (χ0v) is 13.7. The summed E-state index contributed by atoms with van der Waals surface area (Å²) in [5, 5.41) is 20.5. The van der Waals surface area contributed by atoms with Crippen LogP contribution in [-0.4, -0.2) is 28.6 Å². The van der Waals surface area contributed by atoms with Gasteiger partial charge in [0.2, 0.25) is 0 Å². The van der Waals surface area contributed by atoms with Crippen molar-refractivity contribution in [3.63, 3.8) is 0 Å². The van der Waals surface area contributed by atoms with E-state index in [0.717, 1.165) is 25.8 Å². The molecule has 0 amide bonds. The molecule has 23 heavy (non-hydrogen) atoms. The molecule has 1 N–H and O–H groups in total. The van der Waals surface area contributed by atoms with Crippen molar-refractivity contribution in [1.82, 2.24) is 0 Å². The topological polar surface area (TPSA) is 83.7 Å². The molecule has 2 unspecified atom stereocenters.